The maximum Gasteiger partial charge on any atom is 0.416 e. The van der Waals surface area contributed by atoms with Crippen molar-refractivity contribution in [3.05, 3.63) is 92.3 Å². The summed E-state index contributed by atoms with van der Waals surface area (Å²) in [4.78, 5) is 22.7. The summed E-state index contributed by atoms with van der Waals surface area (Å²) in [6.07, 6.45) is -3.15. The maximum absolute atomic E-state index is 12.8. The van der Waals surface area contributed by atoms with Crippen LogP contribution in [0.1, 0.15) is 38.4 Å². The number of benzene rings is 2. The Bertz CT molecular complexity index is 1230. The molecule has 0 aliphatic heterocycles. The number of amides is 1. The quantitative estimate of drug-likeness (QED) is 0.338. The van der Waals surface area contributed by atoms with Crippen molar-refractivity contribution < 1.29 is 22.9 Å². The van der Waals surface area contributed by atoms with Gasteiger partial charge in [-0.15, -0.1) is 0 Å². The number of hydrogen-bond acceptors (Lipinski definition) is 4. The molecule has 1 aromatic heterocycles. The van der Waals surface area contributed by atoms with Gasteiger partial charge in [0.15, 0.2) is 0 Å². The lowest BCUT2D eigenvalue weighted by atomic mass is 10.1. The van der Waals surface area contributed by atoms with Gasteiger partial charge < -0.3 is 4.57 Å². The first-order valence-electron chi connectivity index (χ1n) is 9.44. The molecule has 166 valence electrons. The fourth-order valence-electron chi connectivity index (χ4n) is 3.35. The van der Waals surface area contributed by atoms with Gasteiger partial charge >= 0.3 is 6.18 Å². The van der Waals surface area contributed by atoms with Gasteiger partial charge in [0.1, 0.15) is 0 Å². The summed E-state index contributed by atoms with van der Waals surface area (Å²) in [6.45, 7) is 5.44. The molecule has 2 aromatic carbocycles. The van der Waals surface area contributed by atoms with Crippen LogP contribution in [0, 0.1) is 30.9 Å². The van der Waals surface area contributed by atoms with Crippen molar-refractivity contribution in [2.75, 3.05) is 0 Å². The van der Waals surface area contributed by atoms with Crippen LogP contribution < -0.4 is 5.43 Å². The average Bonchev–Trinajstić information content (AvgIpc) is 3.00. The van der Waals surface area contributed by atoms with E-state index in [0.717, 1.165) is 35.3 Å². The number of carbonyl (C=O) groups is 1. The van der Waals surface area contributed by atoms with Crippen LogP contribution in [0.25, 0.3) is 5.69 Å². The Morgan fingerprint density at radius 3 is 2.47 bits per heavy atom. The first-order chi connectivity index (χ1) is 15.0. The molecule has 0 spiro atoms. The molecule has 1 amide bonds. The molecule has 3 rings (SSSR count). The first kappa shape index (κ1) is 22.7. The Morgan fingerprint density at radius 2 is 1.84 bits per heavy atom. The van der Waals surface area contributed by atoms with Crippen LogP contribution in [0.2, 0.25) is 0 Å². The summed E-state index contributed by atoms with van der Waals surface area (Å²) in [7, 11) is 0. The number of hydrazone groups is 1. The zero-order chi connectivity index (χ0) is 23.6. The summed E-state index contributed by atoms with van der Waals surface area (Å²) in [5.74, 6) is -0.771. The van der Waals surface area contributed by atoms with Gasteiger partial charge in [-0.05, 0) is 56.7 Å². The predicted octanol–water partition coefficient (Wildman–Crippen LogP) is 5.09. The fraction of sp³-hybridized carbons (Fsp3) is 0.182. The molecule has 0 unspecified atom stereocenters. The molecule has 0 aliphatic carbocycles. The van der Waals surface area contributed by atoms with E-state index in [2.05, 4.69) is 10.5 Å². The molecule has 0 radical (unpaired) electrons. The van der Waals surface area contributed by atoms with Gasteiger partial charge in [0.2, 0.25) is 0 Å². The number of nitro groups is 1. The molecule has 0 bridgehead atoms. The van der Waals surface area contributed by atoms with E-state index in [4.69, 9.17) is 0 Å². The number of hydrogen-bond donors (Lipinski definition) is 1. The van der Waals surface area contributed by atoms with Crippen LogP contribution >= 0.6 is 0 Å². The number of aromatic nitrogens is 1. The smallest absolute Gasteiger partial charge is 0.318 e. The molecule has 32 heavy (non-hydrogen) atoms. The lowest BCUT2D eigenvalue weighted by Gasteiger charge is -2.12. The van der Waals surface area contributed by atoms with Gasteiger partial charge in [0, 0.05) is 40.3 Å². The van der Waals surface area contributed by atoms with Crippen molar-refractivity contribution in [1.82, 2.24) is 9.99 Å². The van der Waals surface area contributed by atoms with Gasteiger partial charge in [-0.2, -0.15) is 18.3 Å². The number of nitrogens with zero attached hydrogens (tertiary/aromatic N) is 3. The van der Waals surface area contributed by atoms with Crippen molar-refractivity contribution in [3.63, 3.8) is 0 Å². The molecule has 0 saturated carbocycles. The van der Waals surface area contributed by atoms with E-state index >= 15 is 0 Å². The lowest BCUT2D eigenvalue weighted by Crippen LogP contribution is -2.18. The molecule has 3 aromatic rings. The highest BCUT2D eigenvalue weighted by Gasteiger charge is 2.30. The number of non-ortho nitro benzene ring substituents is 1. The molecular formula is C22H19F3N4O3. The first-order valence-corrected chi connectivity index (χ1v) is 9.44. The van der Waals surface area contributed by atoms with Crippen LogP contribution in [0.15, 0.2) is 53.6 Å². The third-order valence-corrected chi connectivity index (χ3v) is 4.92. The van der Waals surface area contributed by atoms with Crippen LogP contribution in [0.5, 0.6) is 0 Å². The van der Waals surface area contributed by atoms with Gasteiger partial charge in [-0.3, -0.25) is 14.9 Å². The summed E-state index contributed by atoms with van der Waals surface area (Å²) in [5, 5.41) is 14.8. The molecule has 10 heteroatoms. The number of halogens is 3. The fourth-order valence-corrected chi connectivity index (χ4v) is 3.35. The van der Waals surface area contributed by atoms with Crippen LogP contribution in [-0.4, -0.2) is 21.6 Å². The predicted molar refractivity (Wildman–Crippen MR) is 113 cm³/mol. The van der Waals surface area contributed by atoms with Crippen LogP contribution in [-0.2, 0) is 6.18 Å². The summed E-state index contributed by atoms with van der Waals surface area (Å²) >= 11 is 0. The summed E-state index contributed by atoms with van der Waals surface area (Å²) < 4.78 is 40.4. The Balaban J connectivity index is 1.81. The Labute approximate surface area is 181 Å². The Morgan fingerprint density at radius 1 is 1.12 bits per heavy atom. The molecule has 0 saturated heterocycles. The van der Waals surface area contributed by atoms with E-state index in [1.165, 1.54) is 24.4 Å². The number of rotatable bonds is 5. The number of alkyl halides is 3. The van der Waals surface area contributed by atoms with E-state index < -0.39 is 22.6 Å². The second-order valence-electron chi connectivity index (χ2n) is 7.17. The normalized spacial score (nSPS) is 11.7. The van der Waals surface area contributed by atoms with Gasteiger partial charge in [0.05, 0.1) is 16.7 Å². The van der Waals surface area contributed by atoms with Crippen molar-refractivity contribution in [2.45, 2.75) is 26.9 Å². The minimum atomic E-state index is -4.55. The molecule has 7 nitrogen and oxygen atoms in total. The van der Waals surface area contributed by atoms with Gasteiger partial charge in [0.25, 0.3) is 11.6 Å². The Hall–Kier alpha value is -3.95. The molecule has 1 heterocycles. The van der Waals surface area contributed by atoms with Crippen LogP contribution in [0.3, 0.4) is 0 Å². The largest absolute Gasteiger partial charge is 0.416 e. The zero-order valence-electron chi connectivity index (χ0n) is 17.4. The number of nitro benzene ring substituents is 1. The zero-order valence-corrected chi connectivity index (χ0v) is 17.4. The number of nitrogens with one attached hydrogen (secondary N) is 1. The molecule has 1 N–H and O–H groups in total. The maximum atomic E-state index is 12.8. The topological polar surface area (TPSA) is 89.5 Å². The molecule has 0 aliphatic rings. The van der Waals surface area contributed by atoms with Crippen molar-refractivity contribution in [1.29, 1.82) is 0 Å². The van der Waals surface area contributed by atoms with Crippen LogP contribution in [0.4, 0.5) is 18.9 Å². The minimum Gasteiger partial charge on any atom is -0.318 e. The SMILES string of the molecule is Cc1cc([N+](=O)[O-])ccc1-n1c(C)cc(/C=N/NC(=O)c2cccc(C(F)(F)F)c2)c1C. The van der Waals surface area contributed by atoms with E-state index in [1.807, 2.05) is 24.5 Å². The standard InChI is InChI=1S/C22H19F3N4O3/c1-13-9-19(29(31)32)7-8-20(13)28-14(2)10-17(15(28)3)12-26-27-21(30)16-5-4-6-18(11-16)22(23,24)25/h4-12H,1-3H3,(H,27,30)/b26-12+. The molecular weight excluding hydrogens is 425 g/mol. The average molecular weight is 444 g/mol. The summed E-state index contributed by atoms with van der Waals surface area (Å²) in [6, 6.07) is 10.4. The highest BCUT2D eigenvalue weighted by molar-refractivity contribution is 5.95. The van der Waals surface area contributed by atoms with Gasteiger partial charge in [-0.1, -0.05) is 6.07 Å². The highest BCUT2D eigenvalue weighted by Crippen LogP contribution is 2.29. The lowest BCUT2D eigenvalue weighted by molar-refractivity contribution is -0.384. The van der Waals surface area contributed by atoms with Crippen molar-refractivity contribution in [3.8, 4) is 5.69 Å². The monoisotopic (exact) mass is 444 g/mol. The van der Waals surface area contributed by atoms with E-state index in [9.17, 15) is 28.1 Å². The van der Waals surface area contributed by atoms with Gasteiger partial charge in [-0.25, -0.2) is 5.43 Å². The molecule has 0 fully saturated rings. The summed E-state index contributed by atoms with van der Waals surface area (Å²) in [5.41, 5.74) is 4.90. The van der Waals surface area contributed by atoms with E-state index in [0.29, 0.717) is 11.1 Å². The second kappa shape index (κ2) is 8.66. The Kier molecular flexibility index (Phi) is 6.15. The third kappa shape index (κ3) is 4.69. The highest BCUT2D eigenvalue weighted by atomic mass is 19.4. The van der Waals surface area contributed by atoms with E-state index in [-0.39, 0.29) is 11.3 Å². The second-order valence-corrected chi connectivity index (χ2v) is 7.17. The van der Waals surface area contributed by atoms with Crippen molar-refractivity contribution in [2.24, 2.45) is 5.10 Å². The third-order valence-electron chi connectivity index (χ3n) is 4.92. The number of aryl methyl sites for hydroxylation is 2. The van der Waals surface area contributed by atoms with E-state index in [1.54, 1.807) is 13.0 Å². The number of carbonyl (C=O) groups excluding carboxylic acids is 1. The minimum absolute atomic E-state index is 0.00666. The molecule has 0 atom stereocenters. The van der Waals surface area contributed by atoms with Crippen molar-refractivity contribution >= 4 is 17.8 Å².